The lowest BCUT2D eigenvalue weighted by atomic mass is 9.74. The largest absolute Gasteiger partial charge is 0.497 e. The molecule has 0 radical (unpaired) electrons. The molecular weight excluding hydrogens is 521 g/mol. The number of alkyl halides is 1. The molecule has 2 aliphatic heterocycles. The van der Waals surface area contributed by atoms with Gasteiger partial charge in [-0.25, -0.2) is 4.39 Å². The lowest BCUT2D eigenvalue weighted by Crippen LogP contribution is -2.44. The molecule has 8 heteroatoms. The van der Waals surface area contributed by atoms with Gasteiger partial charge in [-0.1, -0.05) is 30.3 Å². The summed E-state index contributed by atoms with van der Waals surface area (Å²) in [6, 6.07) is 16.0. The number of aryl methyl sites for hydroxylation is 1. The van der Waals surface area contributed by atoms with Crippen molar-refractivity contribution in [2.45, 2.75) is 51.2 Å². The van der Waals surface area contributed by atoms with E-state index in [4.69, 9.17) is 9.47 Å². The molecule has 1 atom stereocenters. The lowest BCUT2D eigenvalue weighted by Gasteiger charge is -2.39. The Labute approximate surface area is 242 Å². The molecule has 2 aromatic carbocycles. The number of hydrogen-bond donors (Lipinski definition) is 1. The van der Waals surface area contributed by atoms with Crippen LogP contribution in [0.2, 0.25) is 0 Å². The summed E-state index contributed by atoms with van der Waals surface area (Å²) in [4.78, 5) is 21.8. The van der Waals surface area contributed by atoms with E-state index in [1.165, 1.54) is 5.56 Å². The summed E-state index contributed by atoms with van der Waals surface area (Å²) in [5, 5.41) is 11.0. The number of carbonyl (C=O) groups is 1. The predicted octanol–water partition coefficient (Wildman–Crippen LogP) is 5.67. The zero-order chi connectivity index (χ0) is 28.7. The molecule has 0 bridgehead atoms. The van der Waals surface area contributed by atoms with Crippen molar-refractivity contribution < 1.29 is 23.8 Å². The Morgan fingerprint density at radius 3 is 2.56 bits per heavy atom. The number of piperidine rings is 1. The van der Waals surface area contributed by atoms with Crippen LogP contribution < -0.4 is 4.74 Å². The molecule has 0 saturated carbocycles. The van der Waals surface area contributed by atoms with Gasteiger partial charge in [0.15, 0.2) is 0 Å². The van der Waals surface area contributed by atoms with Gasteiger partial charge in [-0.3, -0.25) is 14.7 Å². The van der Waals surface area contributed by atoms with Gasteiger partial charge >= 0.3 is 5.97 Å². The normalized spacial score (nSPS) is 18.8. The van der Waals surface area contributed by atoms with E-state index in [9.17, 15) is 9.90 Å². The fourth-order valence-corrected chi connectivity index (χ4v) is 6.33. The smallest absolute Gasteiger partial charge is 0.309 e. The first-order valence-corrected chi connectivity index (χ1v) is 14.9. The molecule has 1 aromatic heterocycles. The van der Waals surface area contributed by atoms with E-state index in [1.54, 1.807) is 13.3 Å². The quantitative estimate of drug-likeness (QED) is 0.305. The number of halogens is 1. The molecular formula is C33H42FN3O4. The first-order chi connectivity index (χ1) is 20.0. The van der Waals surface area contributed by atoms with Crippen LogP contribution in [0.3, 0.4) is 0 Å². The summed E-state index contributed by atoms with van der Waals surface area (Å²) in [6.07, 6.45) is 4.11. The lowest BCUT2D eigenvalue weighted by molar-refractivity contribution is -0.153. The Bertz CT molecular complexity index is 1290. The summed E-state index contributed by atoms with van der Waals surface area (Å²) < 4.78 is 27.3. The van der Waals surface area contributed by atoms with Crippen molar-refractivity contribution in [1.29, 1.82) is 0 Å². The molecule has 220 valence electrons. The fraction of sp³-hybridized carbons (Fsp3) is 0.515. The topological polar surface area (TPSA) is 75.1 Å². The number of pyridine rings is 1. The van der Waals surface area contributed by atoms with Crippen molar-refractivity contribution in [3.63, 3.8) is 0 Å². The number of methoxy groups -OCH3 is 1. The van der Waals surface area contributed by atoms with E-state index >= 15 is 4.39 Å². The van der Waals surface area contributed by atoms with Crippen LogP contribution in [0.4, 0.5) is 4.39 Å². The van der Waals surface area contributed by atoms with Gasteiger partial charge in [0.2, 0.25) is 0 Å². The van der Waals surface area contributed by atoms with Gasteiger partial charge in [-0.05, 0) is 87.5 Å². The van der Waals surface area contributed by atoms with Crippen LogP contribution in [0.15, 0.2) is 54.7 Å². The summed E-state index contributed by atoms with van der Waals surface area (Å²) in [6.45, 7) is 5.90. The molecule has 1 N–H and O–H groups in total. The molecule has 2 aliphatic rings. The maximum Gasteiger partial charge on any atom is 0.309 e. The third kappa shape index (κ3) is 7.23. The number of likely N-dealkylation sites (tertiary alicyclic amines) is 1. The SMILES string of the molecule is COc1ccc2ncc(CN3CCOCC3)c(C(F)CCC3(C(=O)O)CCN(CCCc4ccccc4)CC3)c2c1. The van der Waals surface area contributed by atoms with E-state index in [0.717, 1.165) is 56.5 Å². The van der Waals surface area contributed by atoms with Crippen molar-refractivity contribution in [2.75, 3.05) is 53.0 Å². The first kappa shape index (κ1) is 29.4. The van der Waals surface area contributed by atoms with Gasteiger partial charge in [-0.2, -0.15) is 0 Å². The van der Waals surface area contributed by atoms with E-state index in [-0.39, 0.29) is 6.42 Å². The van der Waals surface area contributed by atoms with Crippen LogP contribution in [0.5, 0.6) is 5.75 Å². The van der Waals surface area contributed by atoms with Gasteiger partial charge in [-0.15, -0.1) is 0 Å². The van der Waals surface area contributed by atoms with E-state index in [2.05, 4.69) is 39.0 Å². The number of ether oxygens (including phenoxy) is 2. The van der Waals surface area contributed by atoms with Crippen LogP contribution in [0.1, 0.15) is 55.0 Å². The van der Waals surface area contributed by atoms with Crippen LogP contribution in [-0.2, 0) is 22.5 Å². The van der Waals surface area contributed by atoms with Crippen molar-refractivity contribution in [1.82, 2.24) is 14.8 Å². The summed E-state index contributed by atoms with van der Waals surface area (Å²) >= 11 is 0. The van der Waals surface area contributed by atoms with Crippen LogP contribution in [0.25, 0.3) is 10.9 Å². The summed E-state index contributed by atoms with van der Waals surface area (Å²) in [5.74, 6) is -0.152. The second-order valence-electron chi connectivity index (χ2n) is 11.5. The molecule has 0 spiro atoms. The van der Waals surface area contributed by atoms with E-state index in [1.807, 2.05) is 24.3 Å². The molecule has 7 nitrogen and oxygen atoms in total. The number of morpholine rings is 1. The summed E-state index contributed by atoms with van der Waals surface area (Å²) in [5.41, 5.74) is 2.60. The molecule has 3 heterocycles. The Morgan fingerprint density at radius 2 is 1.85 bits per heavy atom. The maximum atomic E-state index is 16.4. The second-order valence-corrected chi connectivity index (χ2v) is 11.5. The minimum Gasteiger partial charge on any atom is -0.497 e. The number of aliphatic carboxylic acids is 1. The zero-order valence-electron chi connectivity index (χ0n) is 24.1. The Balaban J connectivity index is 1.27. The summed E-state index contributed by atoms with van der Waals surface area (Å²) in [7, 11) is 1.60. The highest BCUT2D eigenvalue weighted by Gasteiger charge is 2.41. The van der Waals surface area contributed by atoms with E-state index in [0.29, 0.717) is 55.9 Å². The standard InChI is InChI=1S/C33H42FN3O4/c1-40-27-9-10-30-28(22-27)31(26(23-35-30)24-37-18-20-41-21-19-37)29(34)11-12-33(32(38)39)13-16-36(17-14-33)15-5-8-25-6-3-2-4-7-25/h2-4,6-7,9-10,22-23,29H,5,8,11-21,24H2,1H3,(H,38,39). The van der Waals surface area contributed by atoms with Crippen LogP contribution >= 0.6 is 0 Å². The molecule has 41 heavy (non-hydrogen) atoms. The predicted molar refractivity (Wildman–Crippen MR) is 158 cm³/mol. The van der Waals surface area contributed by atoms with Crippen LogP contribution in [0, 0.1) is 5.41 Å². The number of nitrogens with zero attached hydrogens (tertiary/aromatic N) is 3. The van der Waals surface area contributed by atoms with E-state index < -0.39 is 17.6 Å². The Kier molecular flexibility index (Phi) is 9.85. The highest BCUT2D eigenvalue weighted by Crippen LogP contribution is 2.42. The van der Waals surface area contributed by atoms with Crippen molar-refractivity contribution in [3.8, 4) is 5.75 Å². The van der Waals surface area contributed by atoms with Gasteiger partial charge in [0, 0.05) is 36.8 Å². The third-order valence-corrected chi connectivity index (χ3v) is 8.94. The van der Waals surface area contributed by atoms with Crippen molar-refractivity contribution in [3.05, 3.63) is 71.4 Å². The van der Waals surface area contributed by atoms with Gasteiger partial charge in [0.25, 0.3) is 0 Å². The number of benzene rings is 2. The van der Waals surface area contributed by atoms with Gasteiger partial charge < -0.3 is 19.5 Å². The Morgan fingerprint density at radius 1 is 1.10 bits per heavy atom. The minimum atomic E-state index is -1.30. The molecule has 3 aromatic rings. The molecule has 5 rings (SSSR count). The van der Waals surface area contributed by atoms with Gasteiger partial charge in [0.05, 0.1) is 31.3 Å². The monoisotopic (exact) mass is 563 g/mol. The van der Waals surface area contributed by atoms with Crippen LogP contribution in [-0.4, -0.2) is 78.9 Å². The molecule has 1 unspecified atom stereocenters. The molecule has 0 aliphatic carbocycles. The van der Waals surface area contributed by atoms with Crippen molar-refractivity contribution in [2.24, 2.45) is 5.41 Å². The Hall–Kier alpha value is -3.07. The number of hydrogen-bond acceptors (Lipinski definition) is 6. The fourth-order valence-electron chi connectivity index (χ4n) is 6.33. The number of aromatic nitrogens is 1. The molecule has 2 fully saturated rings. The highest BCUT2D eigenvalue weighted by molar-refractivity contribution is 5.85. The number of rotatable bonds is 12. The number of fused-ring (bicyclic) bond motifs is 1. The average Bonchev–Trinajstić information content (AvgIpc) is 3.01. The highest BCUT2D eigenvalue weighted by atomic mass is 19.1. The average molecular weight is 564 g/mol. The maximum absolute atomic E-state index is 16.4. The van der Waals surface area contributed by atoms with Gasteiger partial charge in [0.1, 0.15) is 11.9 Å². The molecule has 0 amide bonds. The third-order valence-electron chi connectivity index (χ3n) is 8.94. The second kappa shape index (κ2) is 13.7. The molecule has 2 saturated heterocycles. The number of carboxylic acid groups (broad SMARTS) is 1. The minimum absolute atomic E-state index is 0.159. The first-order valence-electron chi connectivity index (χ1n) is 14.9. The van der Waals surface area contributed by atoms with Crippen molar-refractivity contribution >= 4 is 16.9 Å². The zero-order valence-corrected chi connectivity index (χ0v) is 24.1. The number of carboxylic acids is 1.